The van der Waals surface area contributed by atoms with Crippen LogP contribution in [0.5, 0.6) is 0 Å². The van der Waals surface area contributed by atoms with E-state index in [1.807, 2.05) is 0 Å². The molecule has 6 heteroatoms. The number of aliphatic imine (C=N–C) groups is 1. The van der Waals surface area contributed by atoms with Crippen LogP contribution in [0.4, 0.5) is 0 Å². The lowest BCUT2D eigenvalue weighted by molar-refractivity contribution is -0.118. The first kappa shape index (κ1) is 11.5. The van der Waals surface area contributed by atoms with Crippen molar-refractivity contribution in [3.8, 4) is 0 Å². The first-order chi connectivity index (χ1) is 6.61. The summed E-state index contributed by atoms with van der Waals surface area (Å²) in [5.41, 5.74) is 10.7. The Morgan fingerprint density at radius 3 is 2.93 bits per heavy atom. The molecule has 1 aliphatic heterocycles. The van der Waals surface area contributed by atoms with Crippen LogP contribution in [0, 0.1) is 0 Å². The van der Waals surface area contributed by atoms with Crippen LogP contribution in [0.2, 0.25) is 0 Å². The Balaban J connectivity index is 2.35. The summed E-state index contributed by atoms with van der Waals surface area (Å²) < 4.78 is 0. The van der Waals surface area contributed by atoms with Gasteiger partial charge in [-0.25, -0.2) is 0 Å². The molecule has 0 bridgehead atoms. The molecule has 0 aromatic heterocycles. The number of nitrogens with zero attached hydrogens (tertiary/aromatic N) is 1. The molecule has 0 aliphatic carbocycles. The predicted molar refractivity (Wildman–Crippen MR) is 57.2 cm³/mol. The third-order valence-corrected chi connectivity index (χ3v) is 3.04. The van der Waals surface area contributed by atoms with E-state index in [1.54, 1.807) is 0 Å². The second-order valence-electron chi connectivity index (χ2n) is 3.18. The predicted octanol–water partition coefficient (Wildman–Crippen LogP) is -0.915. The molecule has 0 saturated heterocycles. The second kappa shape index (κ2) is 5.33. The van der Waals surface area contributed by atoms with E-state index >= 15 is 0 Å². The van der Waals surface area contributed by atoms with Crippen molar-refractivity contribution in [3.63, 3.8) is 0 Å². The molecule has 1 unspecified atom stereocenters. The smallest absolute Gasteiger partial charge is 0.217 e. The number of carbonyl (C=O) groups is 1. The summed E-state index contributed by atoms with van der Waals surface area (Å²) in [4.78, 5) is 14.6. The molecule has 14 heavy (non-hydrogen) atoms. The number of nitrogens with two attached hydrogens (primary N) is 2. The van der Waals surface area contributed by atoms with Gasteiger partial charge in [-0.05, 0) is 6.42 Å². The van der Waals surface area contributed by atoms with Gasteiger partial charge < -0.3 is 16.6 Å². The lowest BCUT2D eigenvalue weighted by Gasteiger charge is -2.17. The van der Waals surface area contributed by atoms with Crippen molar-refractivity contribution in [2.75, 3.05) is 12.3 Å². The van der Waals surface area contributed by atoms with Crippen LogP contribution in [-0.2, 0) is 4.79 Å². The monoisotopic (exact) mass is 217 g/mol. The third kappa shape index (κ3) is 3.28. The van der Waals surface area contributed by atoms with Gasteiger partial charge in [0.25, 0.3) is 0 Å². The van der Waals surface area contributed by atoms with E-state index in [2.05, 4.69) is 4.99 Å². The summed E-state index contributed by atoms with van der Waals surface area (Å²) in [7, 11) is 0. The van der Waals surface area contributed by atoms with Crippen molar-refractivity contribution >= 4 is 22.7 Å². The maximum absolute atomic E-state index is 10.5. The van der Waals surface area contributed by atoms with E-state index in [-0.39, 0.29) is 6.42 Å². The quantitative estimate of drug-likeness (QED) is 0.554. The molecule has 1 aliphatic rings. The lowest BCUT2D eigenvalue weighted by atomic mass is 10.1. The zero-order chi connectivity index (χ0) is 10.6. The van der Waals surface area contributed by atoms with Crippen molar-refractivity contribution in [1.29, 1.82) is 0 Å². The summed E-state index contributed by atoms with van der Waals surface area (Å²) in [5.74, 6) is 0.503. The van der Waals surface area contributed by atoms with Crippen molar-refractivity contribution < 1.29 is 9.90 Å². The van der Waals surface area contributed by atoms with E-state index < -0.39 is 18.1 Å². The third-order valence-electron chi connectivity index (χ3n) is 1.99. The number of amides is 1. The van der Waals surface area contributed by atoms with E-state index in [9.17, 15) is 9.90 Å². The normalized spacial score (nSPS) is 20.3. The zero-order valence-corrected chi connectivity index (χ0v) is 8.67. The van der Waals surface area contributed by atoms with Gasteiger partial charge in [0.15, 0.2) is 0 Å². The Hall–Kier alpha value is -0.590. The Kier molecular flexibility index (Phi) is 4.37. The maximum atomic E-state index is 10.5. The minimum absolute atomic E-state index is 0.205. The molecule has 2 atom stereocenters. The maximum Gasteiger partial charge on any atom is 0.217 e. The van der Waals surface area contributed by atoms with Gasteiger partial charge in [0.1, 0.15) is 6.10 Å². The largest absolute Gasteiger partial charge is 0.385 e. The molecule has 0 saturated carbocycles. The highest BCUT2D eigenvalue weighted by Crippen LogP contribution is 2.17. The molecule has 0 fully saturated rings. The summed E-state index contributed by atoms with van der Waals surface area (Å²) in [6, 6.07) is -0.452. The molecule has 0 spiro atoms. The number of carbonyl (C=O) groups excluding carboxylic acids is 1. The van der Waals surface area contributed by atoms with E-state index in [0.717, 1.165) is 12.3 Å². The Bertz CT molecular complexity index is 245. The molecule has 5 N–H and O–H groups in total. The van der Waals surface area contributed by atoms with Crippen molar-refractivity contribution in [2.45, 2.75) is 25.0 Å². The van der Waals surface area contributed by atoms with Gasteiger partial charge in [0.2, 0.25) is 5.91 Å². The fourth-order valence-corrected chi connectivity index (χ4v) is 2.10. The van der Waals surface area contributed by atoms with Crippen LogP contribution >= 0.6 is 11.8 Å². The van der Waals surface area contributed by atoms with Crippen LogP contribution < -0.4 is 11.5 Å². The number of aliphatic hydroxyl groups excluding tert-OH is 1. The Morgan fingerprint density at radius 2 is 2.43 bits per heavy atom. The molecule has 0 aromatic rings. The zero-order valence-electron chi connectivity index (χ0n) is 7.85. The van der Waals surface area contributed by atoms with Crippen LogP contribution in [-0.4, -0.2) is 40.5 Å². The summed E-state index contributed by atoms with van der Waals surface area (Å²) >= 11 is 1.52. The first-order valence-corrected chi connectivity index (χ1v) is 5.49. The molecule has 0 radical (unpaired) electrons. The minimum Gasteiger partial charge on any atom is -0.385 e. The van der Waals surface area contributed by atoms with Gasteiger partial charge in [-0.15, -0.1) is 11.8 Å². The molecule has 80 valence electrons. The van der Waals surface area contributed by atoms with Gasteiger partial charge >= 0.3 is 0 Å². The van der Waals surface area contributed by atoms with Crippen molar-refractivity contribution in [2.24, 2.45) is 16.5 Å². The Morgan fingerprint density at radius 1 is 1.71 bits per heavy atom. The van der Waals surface area contributed by atoms with Crippen LogP contribution in [0.3, 0.4) is 0 Å². The van der Waals surface area contributed by atoms with Crippen LogP contribution in [0.1, 0.15) is 12.8 Å². The number of hydrogen-bond acceptors (Lipinski definition) is 5. The fraction of sp³-hybridized carbons (Fsp3) is 0.750. The highest BCUT2D eigenvalue weighted by molar-refractivity contribution is 8.14. The molecule has 5 nitrogen and oxygen atoms in total. The number of thioether (sulfide) groups is 1. The van der Waals surface area contributed by atoms with Gasteiger partial charge in [0, 0.05) is 24.8 Å². The molecule has 0 aromatic carbocycles. The average Bonchev–Trinajstić information content (AvgIpc) is 2.65. The van der Waals surface area contributed by atoms with Crippen LogP contribution in [0.25, 0.3) is 0 Å². The number of primary amides is 1. The minimum atomic E-state index is -0.748. The van der Waals surface area contributed by atoms with Gasteiger partial charge in [-0.2, -0.15) is 0 Å². The fourth-order valence-electron chi connectivity index (χ4n) is 1.18. The lowest BCUT2D eigenvalue weighted by Crippen LogP contribution is -2.39. The highest BCUT2D eigenvalue weighted by atomic mass is 32.2. The van der Waals surface area contributed by atoms with Crippen LogP contribution in [0.15, 0.2) is 4.99 Å². The van der Waals surface area contributed by atoms with Gasteiger partial charge in [0.05, 0.1) is 5.04 Å². The molecule has 1 rings (SSSR count). The second-order valence-corrected chi connectivity index (χ2v) is 4.30. The Labute approximate surface area is 86.9 Å². The van der Waals surface area contributed by atoms with E-state index in [0.29, 0.717) is 11.5 Å². The molecular weight excluding hydrogens is 202 g/mol. The molecule has 1 amide bonds. The van der Waals surface area contributed by atoms with Crippen molar-refractivity contribution in [3.05, 3.63) is 0 Å². The first-order valence-electron chi connectivity index (χ1n) is 4.50. The summed E-state index contributed by atoms with van der Waals surface area (Å²) in [5, 5.41) is 10.4. The summed E-state index contributed by atoms with van der Waals surface area (Å²) in [6.45, 7) is 0.736. The van der Waals surface area contributed by atoms with E-state index in [1.165, 1.54) is 11.8 Å². The number of aliphatic hydroxyl groups is 1. The molecular formula is C8H15N3O2S. The van der Waals surface area contributed by atoms with Crippen molar-refractivity contribution in [1.82, 2.24) is 0 Å². The highest BCUT2D eigenvalue weighted by Gasteiger charge is 2.23. The standard InChI is InChI=1S/C8H15N3O2S/c9-5(1-2-6(10)12)7(13)8-11-3-4-14-8/h5,7,13H,1-4,9H2,(H2,10,12)/t5-,7?/m0/s1. The summed E-state index contributed by atoms with van der Waals surface area (Å²) in [6.07, 6.45) is -0.145. The number of rotatable bonds is 5. The topological polar surface area (TPSA) is 102 Å². The van der Waals surface area contributed by atoms with E-state index in [4.69, 9.17) is 11.5 Å². The van der Waals surface area contributed by atoms with Gasteiger partial charge in [-0.1, -0.05) is 0 Å². The number of hydrogen-bond donors (Lipinski definition) is 3. The average molecular weight is 217 g/mol. The van der Waals surface area contributed by atoms with Gasteiger partial charge in [-0.3, -0.25) is 9.79 Å². The SMILES string of the molecule is NC(=O)CC[C@H](N)C(O)C1=NCCS1. The molecule has 1 heterocycles.